The molecule has 3 atom stereocenters. The van der Waals surface area contributed by atoms with E-state index in [2.05, 4.69) is 25.8 Å². The highest BCUT2D eigenvalue weighted by atomic mass is 16.6. The molecule has 6 N–H and O–H groups in total. The van der Waals surface area contributed by atoms with Crippen LogP contribution in [-0.4, -0.2) is 108 Å². The number of phenolic OH excluding ortho intramolecular Hbond substituents is 1. The van der Waals surface area contributed by atoms with Crippen LogP contribution in [-0.2, 0) is 4.74 Å². The molecule has 0 saturated carbocycles. The first-order valence-electron chi connectivity index (χ1n) is 22.1. The fraction of sp³-hybridized carbons (Fsp3) is 0.388. The summed E-state index contributed by atoms with van der Waals surface area (Å²) in [6.07, 6.45) is 3.00. The van der Waals surface area contributed by atoms with E-state index in [1.54, 1.807) is 36.4 Å². The number of aliphatic hydroxyl groups excluding tert-OH is 1. The number of pyridine rings is 1. The molecule has 5 heterocycles. The quantitative estimate of drug-likeness (QED) is 0.0691. The van der Waals surface area contributed by atoms with E-state index in [-0.39, 0.29) is 47.2 Å². The monoisotopic (exact) mass is 856 g/mol. The van der Waals surface area contributed by atoms with E-state index in [1.807, 2.05) is 59.5 Å². The van der Waals surface area contributed by atoms with Crippen LogP contribution in [0.5, 0.6) is 11.5 Å². The standard InChI is InChI=1S/C49H56N6O8/c56-41-16-14-39(40-15-17-44(58)52-46(40)41)42(57)29-50-22-5-23-51-47(59)35-10-12-36(13-11-35)48(60)55-26-18-32(19-27-55)31-62-38-9-4-8-37(28-38)45(34-6-2-1-3-7-34)53-49(61)63-43-30-54-24-20-33(43)21-25-54/h1-4,6-17,28,32-33,42-43,45,50,56-57H,5,18-27,29-31H2,(H,51,59)(H,52,58)(H,53,61)/t42-,43+,45?/m1/s1. The number of alkyl carbamates (subject to hydrolysis) is 1. The average Bonchev–Trinajstić information content (AvgIpc) is 3.32. The van der Waals surface area contributed by atoms with Gasteiger partial charge in [0.05, 0.1) is 24.3 Å². The molecule has 0 spiro atoms. The molecule has 0 aliphatic carbocycles. The molecular formula is C49H56N6O8. The van der Waals surface area contributed by atoms with E-state index >= 15 is 0 Å². The Morgan fingerprint density at radius 2 is 1.56 bits per heavy atom. The van der Waals surface area contributed by atoms with Crippen LogP contribution in [0.25, 0.3) is 10.9 Å². The van der Waals surface area contributed by atoms with Crippen LogP contribution in [0, 0.1) is 11.8 Å². The number of hydrogen-bond donors (Lipinski definition) is 6. The molecule has 4 saturated heterocycles. The van der Waals surface area contributed by atoms with Crippen molar-refractivity contribution >= 4 is 28.8 Å². The van der Waals surface area contributed by atoms with Crippen molar-refractivity contribution in [1.29, 1.82) is 0 Å². The number of benzene rings is 4. The van der Waals surface area contributed by atoms with Gasteiger partial charge in [0.25, 0.3) is 11.8 Å². The van der Waals surface area contributed by atoms with Crippen molar-refractivity contribution in [3.8, 4) is 11.5 Å². The van der Waals surface area contributed by atoms with Gasteiger partial charge in [-0.3, -0.25) is 19.3 Å². The number of nitrogens with one attached hydrogen (secondary N) is 4. The van der Waals surface area contributed by atoms with Gasteiger partial charge in [0.1, 0.15) is 17.6 Å². The van der Waals surface area contributed by atoms with E-state index in [1.165, 1.54) is 12.1 Å². The van der Waals surface area contributed by atoms with Crippen LogP contribution in [0.15, 0.2) is 108 Å². The van der Waals surface area contributed by atoms with Gasteiger partial charge in [-0.2, -0.15) is 0 Å². The summed E-state index contributed by atoms with van der Waals surface area (Å²) in [5.74, 6) is 1.05. The molecule has 0 radical (unpaired) electrons. The minimum absolute atomic E-state index is 0.0645. The van der Waals surface area contributed by atoms with Gasteiger partial charge in [-0.15, -0.1) is 0 Å². The zero-order valence-electron chi connectivity index (χ0n) is 35.3. The van der Waals surface area contributed by atoms with E-state index in [0.29, 0.717) is 67.2 Å². The zero-order valence-corrected chi connectivity index (χ0v) is 35.3. The van der Waals surface area contributed by atoms with Crippen molar-refractivity contribution in [2.45, 2.75) is 50.4 Å². The molecule has 14 heteroatoms. The molecule has 9 rings (SSSR count). The number of carbonyl (C=O) groups is 3. The molecule has 1 aromatic heterocycles. The fourth-order valence-electron chi connectivity index (χ4n) is 9.00. The summed E-state index contributed by atoms with van der Waals surface area (Å²) in [7, 11) is 0. The first kappa shape index (κ1) is 43.4. The number of H-pyrrole nitrogens is 1. The topological polar surface area (TPSA) is 186 Å². The highest BCUT2D eigenvalue weighted by Crippen LogP contribution is 2.32. The smallest absolute Gasteiger partial charge is 0.408 e. The van der Waals surface area contributed by atoms with Gasteiger partial charge in [0, 0.05) is 55.3 Å². The van der Waals surface area contributed by atoms with Gasteiger partial charge in [-0.1, -0.05) is 48.5 Å². The van der Waals surface area contributed by atoms with Crippen LogP contribution in [0.3, 0.4) is 0 Å². The Morgan fingerprint density at radius 1 is 0.810 bits per heavy atom. The van der Waals surface area contributed by atoms with Crippen LogP contribution < -0.4 is 26.2 Å². The van der Waals surface area contributed by atoms with E-state index in [9.17, 15) is 29.4 Å². The maximum Gasteiger partial charge on any atom is 0.408 e. The maximum absolute atomic E-state index is 13.4. The molecule has 4 aliphatic rings. The Hall–Kier alpha value is -6.22. The molecule has 3 amide bonds. The van der Waals surface area contributed by atoms with Crippen molar-refractivity contribution in [2.75, 3.05) is 59.0 Å². The highest BCUT2D eigenvalue weighted by Gasteiger charge is 2.37. The van der Waals surface area contributed by atoms with Crippen molar-refractivity contribution in [3.05, 3.63) is 141 Å². The van der Waals surface area contributed by atoms with Crippen molar-refractivity contribution in [2.24, 2.45) is 11.8 Å². The number of carbonyl (C=O) groups excluding carboxylic acids is 3. The van der Waals surface area contributed by atoms with Crippen molar-refractivity contribution in [1.82, 2.24) is 30.7 Å². The van der Waals surface area contributed by atoms with Crippen LogP contribution >= 0.6 is 0 Å². The number of fused-ring (bicyclic) bond motifs is 4. The lowest BCUT2D eigenvalue weighted by atomic mass is 9.86. The first-order valence-corrected chi connectivity index (χ1v) is 22.1. The van der Waals surface area contributed by atoms with E-state index in [4.69, 9.17) is 9.47 Å². The Labute approximate surface area is 366 Å². The first-order chi connectivity index (χ1) is 30.7. The Balaban J connectivity index is 0.752. The Kier molecular flexibility index (Phi) is 14.0. The summed E-state index contributed by atoms with van der Waals surface area (Å²) < 4.78 is 12.3. The van der Waals surface area contributed by atoms with E-state index in [0.717, 1.165) is 62.2 Å². The lowest BCUT2D eigenvalue weighted by Crippen LogP contribution is -2.52. The molecule has 4 fully saturated rings. The molecule has 330 valence electrons. The third-order valence-corrected chi connectivity index (χ3v) is 12.6. The number of likely N-dealkylation sites (tertiary alicyclic amines) is 1. The minimum atomic E-state index is -0.868. The SMILES string of the molecule is O=C(NC(c1ccccc1)c1cccc(OCC2CCN(C(=O)c3ccc(C(=O)NCCCNC[C@@H](O)c4ccc(O)c5[nH]c(=O)ccc45)cc3)CC2)c1)O[C@H]1CN2CCC1CC2. The third-order valence-electron chi connectivity index (χ3n) is 12.6. The van der Waals surface area contributed by atoms with Gasteiger partial charge in [-0.05, 0) is 129 Å². The number of ether oxygens (including phenoxy) is 2. The summed E-state index contributed by atoms with van der Waals surface area (Å²) in [4.78, 5) is 58.0. The lowest BCUT2D eigenvalue weighted by Gasteiger charge is -2.43. The van der Waals surface area contributed by atoms with Gasteiger partial charge < -0.3 is 45.5 Å². The molecule has 5 aromatic rings. The molecule has 2 bridgehead atoms. The van der Waals surface area contributed by atoms with Gasteiger partial charge in [0.15, 0.2) is 0 Å². The largest absolute Gasteiger partial charge is 0.506 e. The second-order valence-electron chi connectivity index (χ2n) is 16.9. The van der Waals surface area contributed by atoms with Gasteiger partial charge in [0.2, 0.25) is 5.56 Å². The number of aromatic amines is 1. The summed E-state index contributed by atoms with van der Waals surface area (Å²) in [6.45, 7) is 5.88. The van der Waals surface area contributed by atoms with Crippen LogP contribution in [0.1, 0.15) is 81.7 Å². The number of hydrogen-bond acceptors (Lipinski definition) is 10. The van der Waals surface area contributed by atoms with Gasteiger partial charge >= 0.3 is 6.09 Å². The second-order valence-corrected chi connectivity index (χ2v) is 16.9. The van der Waals surface area contributed by atoms with Crippen LogP contribution in [0.4, 0.5) is 4.79 Å². The number of amides is 3. The summed E-state index contributed by atoms with van der Waals surface area (Å²) in [5.41, 5.74) is 3.37. The molecule has 4 aromatic carbocycles. The highest BCUT2D eigenvalue weighted by molar-refractivity contribution is 5.98. The van der Waals surface area contributed by atoms with Crippen molar-refractivity contribution in [3.63, 3.8) is 0 Å². The number of piperidine rings is 4. The normalized spacial score (nSPS) is 19.6. The Bertz CT molecular complexity index is 2410. The molecule has 63 heavy (non-hydrogen) atoms. The van der Waals surface area contributed by atoms with Gasteiger partial charge in [-0.25, -0.2) is 4.79 Å². The number of rotatable bonds is 16. The van der Waals surface area contributed by atoms with Crippen molar-refractivity contribution < 1.29 is 34.1 Å². The number of aromatic nitrogens is 1. The molecular weight excluding hydrogens is 801 g/mol. The lowest BCUT2D eigenvalue weighted by molar-refractivity contribution is -0.0336. The van der Waals surface area contributed by atoms with E-state index < -0.39 is 18.2 Å². The third kappa shape index (κ3) is 10.9. The zero-order chi connectivity index (χ0) is 43.7. The summed E-state index contributed by atoms with van der Waals surface area (Å²) in [5, 5.41) is 30.6. The maximum atomic E-state index is 13.4. The number of aromatic hydroxyl groups is 1. The number of aliphatic hydroxyl groups is 1. The molecule has 4 aliphatic heterocycles. The summed E-state index contributed by atoms with van der Waals surface area (Å²) >= 11 is 0. The van der Waals surface area contributed by atoms with Crippen LogP contribution in [0.2, 0.25) is 0 Å². The molecule has 14 nitrogen and oxygen atoms in total. The Morgan fingerprint density at radius 3 is 2.30 bits per heavy atom. The second kappa shape index (κ2) is 20.3. The predicted octanol–water partition coefficient (Wildman–Crippen LogP) is 5.52. The number of phenols is 1. The average molecular weight is 857 g/mol. The number of nitrogens with zero attached hydrogens (tertiary/aromatic N) is 2. The fourth-order valence-corrected chi connectivity index (χ4v) is 9.00. The predicted molar refractivity (Wildman–Crippen MR) is 239 cm³/mol. The molecule has 1 unspecified atom stereocenters. The minimum Gasteiger partial charge on any atom is -0.506 e. The summed E-state index contributed by atoms with van der Waals surface area (Å²) in [6, 6.07) is 30.1.